The van der Waals surface area contributed by atoms with Crippen molar-refractivity contribution in [2.24, 2.45) is 0 Å². The Morgan fingerprint density at radius 2 is 1.68 bits per heavy atom. The van der Waals surface area contributed by atoms with Crippen LogP contribution in [0.3, 0.4) is 0 Å². The largest absolute Gasteiger partial charge is 0.573 e. The Labute approximate surface area is 210 Å². The summed E-state index contributed by atoms with van der Waals surface area (Å²) >= 11 is 0. The number of hydrogen-bond acceptors (Lipinski definition) is 6. The van der Waals surface area contributed by atoms with Crippen LogP contribution in [0.4, 0.5) is 18.0 Å². The second-order valence-electron chi connectivity index (χ2n) is 8.66. The number of aromatic nitrogens is 1. The maximum atomic E-state index is 12.6. The van der Waals surface area contributed by atoms with Crippen molar-refractivity contribution in [1.82, 2.24) is 9.88 Å². The fourth-order valence-electron chi connectivity index (χ4n) is 3.11. The topological polar surface area (TPSA) is 116 Å². The van der Waals surface area contributed by atoms with Gasteiger partial charge in [0, 0.05) is 30.6 Å². The molecule has 0 bridgehead atoms. The molecule has 37 heavy (non-hydrogen) atoms. The molecule has 0 aliphatic rings. The van der Waals surface area contributed by atoms with Gasteiger partial charge in [-0.15, -0.1) is 13.2 Å². The number of aromatic carboxylic acids is 1. The Morgan fingerprint density at radius 3 is 2.22 bits per heavy atom. The first kappa shape index (κ1) is 29.0. The van der Waals surface area contributed by atoms with E-state index in [2.05, 4.69) is 14.8 Å². The number of benzene rings is 2. The number of alkyl halides is 3. The number of carboxylic acid groups (broad SMARTS) is 1. The lowest BCUT2D eigenvalue weighted by atomic mass is 10.2. The van der Waals surface area contributed by atoms with Crippen molar-refractivity contribution in [3.8, 4) is 11.4 Å². The summed E-state index contributed by atoms with van der Waals surface area (Å²) in [7, 11) is 1.35. The van der Waals surface area contributed by atoms with Gasteiger partial charge in [-0.1, -0.05) is 12.1 Å². The van der Waals surface area contributed by atoms with Crippen molar-refractivity contribution in [3.63, 3.8) is 0 Å². The Kier molecular flexibility index (Phi) is 9.16. The third-order valence-electron chi connectivity index (χ3n) is 4.52. The molecule has 0 saturated carbocycles. The number of alkyl carbamates (subject to hydrolysis) is 1. The third kappa shape index (κ3) is 9.06. The average Bonchev–Trinajstić information content (AvgIpc) is 3.15. The van der Waals surface area contributed by atoms with Crippen LogP contribution in [-0.2, 0) is 20.8 Å². The molecule has 0 spiro atoms. The average molecular weight is 524 g/mol. The van der Waals surface area contributed by atoms with Gasteiger partial charge in [-0.05, 0) is 56.7 Å². The molecular formula is C25H27F3N2O7. The van der Waals surface area contributed by atoms with Crippen LogP contribution in [0.1, 0.15) is 43.7 Å². The fourth-order valence-corrected chi connectivity index (χ4v) is 3.11. The maximum Gasteiger partial charge on any atom is 0.573 e. The summed E-state index contributed by atoms with van der Waals surface area (Å²) in [5, 5.41) is 12.7. The summed E-state index contributed by atoms with van der Waals surface area (Å²) in [5.74, 6) is -1.97. The van der Waals surface area contributed by atoms with Crippen LogP contribution in [0.25, 0.3) is 16.6 Å². The van der Waals surface area contributed by atoms with Gasteiger partial charge in [-0.25, -0.2) is 9.59 Å². The fraction of sp³-hybridized carbons (Fsp3) is 0.320. The predicted molar refractivity (Wildman–Crippen MR) is 128 cm³/mol. The molecule has 3 aromatic rings. The molecule has 0 atom stereocenters. The highest BCUT2D eigenvalue weighted by Crippen LogP contribution is 2.31. The van der Waals surface area contributed by atoms with Crippen molar-refractivity contribution < 1.29 is 46.9 Å². The lowest BCUT2D eigenvalue weighted by molar-refractivity contribution is -0.274. The molecule has 1 heterocycles. The highest BCUT2D eigenvalue weighted by molar-refractivity contribution is 5.96. The molecule has 200 valence electrons. The number of carboxylic acids is 1. The molecule has 0 saturated heterocycles. The van der Waals surface area contributed by atoms with E-state index in [9.17, 15) is 32.7 Å². The molecule has 0 fully saturated rings. The Morgan fingerprint density at radius 1 is 1.03 bits per heavy atom. The van der Waals surface area contributed by atoms with Crippen LogP contribution in [0, 0.1) is 0 Å². The third-order valence-corrected chi connectivity index (χ3v) is 4.52. The number of rotatable bonds is 5. The van der Waals surface area contributed by atoms with Crippen LogP contribution in [0.5, 0.6) is 5.75 Å². The van der Waals surface area contributed by atoms with Crippen molar-refractivity contribution in [2.45, 2.75) is 46.2 Å². The smallest absolute Gasteiger partial charge is 0.477 e. The first-order valence-corrected chi connectivity index (χ1v) is 10.8. The minimum Gasteiger partial charge on any atom is -0.477 e. The SMILES string of the molecule is CC(C)(C)OC(=O)NCc1cccc(-n2c(C(=O)O)cc3ccc(OC(F)(F)F)cc32)c1.COC(C)=O. The number of ether oxygens (including phenoxy) is 3. The van der Waals surface area contributed by atoms with Gasteiger partial charge in [0.1, 0.15) is 17.0 Å². The molecule has 2 aromatic carbocycles. The van der Waals surface area contributed by atoms with Crippen molar-refractivity contribution >= 4 is 28.9 Å². The van der Waals surface area contributed by atoms with E-state index in [0.29, 0.717) is 16.6 Å². The lowest BCUT2D eigenvalue weighted by Crippen LogP contribution is -2.32. The second-order valence-corrected chi connectivity index (χ2v) is 8.66. The number of methoxy groups -OCH3 is 1. The summed E-state index contributed by atoms with van der Waals surface area (Å²) in [6, 6.07) is 11.6. The number of amides is 1. The van der Waals surface area contributed by atoms with E-state index in [1.807, 2.05) is 0 Å². The summed E-state index contributed by atoms with van der Waals surface area (Å²) in [6.45, 7) is 6.66. The number of halogens is 3. The summed E-state index contributed by atoms with van der Waals surface area (Å²) in [5.41, 5.74) is 0.449. The number of nitrogens with zero attached hydrogens (tertiary/aromatic N) is 1. The standard InChI is InChI=1S/C22H21F3N2O5.C3H6O2/c1-21(2,3)32-20(30)26-12-13-5-4-6-15(9-13)27-17-11-16(31-22(23,24)25)8-7-14(17)10-18(27)19(28)29;1-3(4)5-2/h4-11H,12H2,1-3H3,(H,26,30)(H,28,29);1-2H3. The molecular weight excluding hydrogens is 497 g/mol. The predicted octanol–water partition coefficient (Wildman–Crippen LogP) is 5.43. The van der Waals surface area contributed by atoms with Gasteiger partial charge in [0.05, 0.1) is 12.6 Å². The molecule has 3 rings (SSSR count). The Bertz CT molecular complexity index is 1280. The van der Waals surface area contributed by atoms with E-state index in [1.54, 1.807) is 45.0 Å². The van der Waals surface area contributed by atoms with Crippen molar-refractivity contribution in [1.29, 1.82) is 0 Å². The van der Waals surface area contributed by atoms with Gasteiger partial charge >= 0.3 is 24.4 Å². The van der Waals surface area contributed by atoms with Gasteiger partial charge in [0.15, 0.2) is 0 Å². The van der Waals surface area contributed by atoms with E-state index in [1.165, 1.54) is 30.7 Å². The molecule has 0 aliphatic carbocycles. The van der Waals surface area contributed by atoms with E-state index < -0.39 is 29.8 Å². The zero-order valence-electron chi connectivity index (χ0n) is 20.8. The van der Waals surface area contributed by atoms with Crippen LogP contribution in [0.2, 0.25) is 0 Å². The number of hydrogen-bond donors (Lipinski definition) is 2. The van der Waals surface area contributed by atoms with Crippen molar-refractivity contribution in [2.75, 3.05) is 7.11 Å². The van der Waals surface area contributed by atoms with E-state index in [-0.39, 0.29) is 23.7 Å². The van der Waals surface area contributed by atoms with E-state index in [0.717, 1.165) is 12.1 Å². The van der Waals surface area contributed by atoms with E-state index in [4.69, 9.17) is 4.74 Å². The molecule has 0 unspecified atom stereocenters. The minimum absolute atomic E-state index is 0.104. The molecule has 0 radical (unpaired) electrons. The normalized spacial score (nSPS) is 11.2. The summed E-state index contributed by atoms with van der Waals surface area (Å²) < 4.78 is 52.5. The quantitative estimate of drug-likeness (QED) is 0.428. The van der Waals surface area contributed by atoms with E-state index >= 15 is 0 Å². The second kappa shape index (κ2) is 11.7. The van der Waals surface area contributed by atoms with Gasteiger partial charge < -0.3 is 29.2 Å². The zero-order valence-corrected chi connectivity index (χ0v) is 20.8. The number of fused-ring (bicyclic) bond motifs is 1. The zero-order chi connectivity index (χ0) is 28.0. The van der Waals surface area contributed by atoms with Gasteiger partial charge in [-0.3, -0.25) is 4.79 Å². The van der Waals surface area contributed by atoms with Crippen LogP contribution in [0.15, 0.2) is 48.5 Å². The molecule has 0 aliphatic heterocycles. The van der Waals surface area contributed by atoms with Crippen LogP contribution < -0.4 is 10.1 Å². The van der Waals surface area contributed by atoms with Crippen LogP contribution >= 0.6 is 0 Å². The maximum absolute atomic E-state index is 12.6. The minimum atomic E-state index is -4.88. The van der Waals surface area contributed by atoms with Gasteiger partial charge in [0.25, 0.3) is 0 Å². The number of esters is 1. The first-order chi connectivity index (χ1) is 17.1. The lowest BCUT2D eigenvalue weighted by Gasteiger charge is -2.19. The summed E-state index contributed by atoms with van der Waals surface area (Å²) in [4.78, 5) is 33.3. The molecule has 1 aromatic heterocycles. The molecule has 9 nitrogen and oxygen atoms in total. The molecule has 12 heteroatoms. The van der Waals surface area contributed by atoms with Gasteiger partial charge in [-0.2, -0.15) is 0 Å². The highest BCUT2D eigenvalue weighted by Gasteiger charge is 2.31. The Balaban J connectivity index is 0.000000877. The van der Waals surface area contributed by atoms with Crippen LogP contribution in [-0.4, -0.2) is 46.8 Å². The first-order valence-electron chi connectivity index (χ1n) is 10.8. The molecule has 1 amide bonds. The molecule has 2 N–H and O–H groups in total. The van der Waals surface area contributed by atoms with Gasteiger partial charge in [0.2, 0.25) is 0 Å². The number of carbonyl (C=O) groups excluding carboxylic acids is 2. The number of carbonyl (C=O) groups is 3. The summed E-state index contributed by atoms with van der Waals surface area (Å²) in [6.07, 6.45) is -5.50. The highest BCUT2D eigenvalue weighted by atomic mass is 19.4. The van der Waals surface area contributed by atoms with Crippen molar-refractivity contribution in [3.05, 3.63) is 59.8 Å². The number of nitrogens with one attached hydrogen (secondary N) is 1. The Hall–Kier alpha value is -4.22. The monoisotopic (exact) mass is 524 g/mol.